The van der Waals surface area contributed by atoms with Gasteiger partial charge in [0.25, 0.3) is 0 Å². The van der Waals surface area contributed by atoms with Crippen LogP contribution in [-0.4, -0.2) is 17.6 Å². The van der Waals surface area contributed by atoms with Gasteiger partial charge in [-0.2, -0.15) is 0 Å². The number of amides is 1. The molecule has 4 heteroatoms. The molecule has 0 aliphatic heterocycles. The van der Waals surface area contributed by atoms with Crippen molar-refractivity contribution in [2.75, 3.05) is 6.54 Å². The Bertz CT molecular complexity index is 657. The lowest BCUT2D eigenvalue weighted by molar-refractivity contribution is -0.121. The van der Waals surface area contributed by atoms with Gasteiger partial charge < -0.3 is 10.4 Å². The Morgan fingerprint density at radius 3 is 2.48 bits per heavy atom. The maximum absolute atomic E-state index is 12.1. The molecule has 2 aromatic rings. The van der Waals surface area contributed by atoms with E-state index < -0.39 is 6.10 Å². The van der Waals surface area contributed by atoms with Gasteiger partial charge in [-0.05, 0) is 11.6 Å². The molecule has 0 saturated carbocycles. The minimum absolute atomic E-state index is 0.0475. The zero-order valence-electron chi connectivity index (χ0n) is 12.8. The lowest BCUT2D eigenvalue weighted by atomic mass is 9.95. The molecular formula is C19H20ClNO2. The van der Waals surface area contributed by atoms with Crippen LogP contribution in [0, 0.1) is 0 Å². The summed E-state index contributed by atoms with van der Waals surface area (Å²) in [6, 6.07) is 16.8. The SMILES string of the molecule is C=CC(CC(=O)NCC(O)c1ccccc1Cl)c1ccccc1. The first-order chi connectivity index (χ1) is 11.1. The number of carbonyl (C=O) groups excluding carboxylic acids is 1. The van der Waals surface area contributed by atoms with Crippen molar-refractivity contribution in [1.82, 2.24) is 5.32 Å². The molecule has 1 amide bonds. The van der Waals surface area contributed by atoms with Crippen LogP contribution in [0.4, 0.5) is 0 Å². The highest BCUT2D eigenvalue weighted by Gasteiger charge is 2.15. The zero-order valence-corrected chi connectivity index (χ0v) is 13.5. The number of hydrogen-bond donors (Lipinski definition) is 2. The van der Waals surface area contributed by atoms with Crippen molar-refractivity contribution < 1.29 is 9.90 Å². The quantitative estimate of drug-likeness (QED) is 0.758. The molecule has 2 atom stereocenters. The van der Waals surface area contributed by atoms with E-state index in [1.165, 1.54) is 0 Å². The summed E-state index contributed by atoms with van der Waals surface area (Å²) in [6.07, 6.45) is 1.23. The van der Waals surface area contributed by atoms with Gasteiger partial charge in [0, 0.05) is 29.5 Å². The fraction of sp³-hybridized carbons (Fsp3) is 0.211. The number of benzene rings is 2. The van der Waals surface area contributed by atoms with Crippen LogP contribution in [0.25, 0.3) is 0 Å². The molecule has 2 unspecified atom stereocenters. The van der Waals surface area contributed by atoms with Crippen molar-refractivity contribution in [3.63, 3.8) is 0 Å². The second kappa shape index (κ2) is 8.51. The number of halogens is 1. The summed E-state index contributed by atoms with van der Waals surface area (Å²) in [5.41, 5.74) is 1.65. The fourth-order valence-corrected chi connectivity index (χ4v) is 2.64. The van der Waals surface area contributed by atoms with Crippen LogP contribution in [0.2, 0.25) is 5.02 Å². The normalized spacial score (nSPS) is 13.1. The summed E-state index contributed by atoms with van der Waals surface area (Å²) in [5, 5.41) is 13.4. The molecule has 2 N–H and O–H groups in total. The van der Waals surface area contributed by atoms with E-state index in [0.29, 0.717) is 17.0 Å². The second-order valence-corrected chi connectivity index (χ2v) is 5.71. The molecule has 0 aromatic heterocycles. The number of aliphatic hydroxyl groups excluding tert-OH is 1. The fourth-order valence-electron chi connectivity index (χ4n) is 2.38. The van der Waals surface area contributed by atoms with Gasteiger partial charge in [-0.1, -0.05) is 66.2 Å². The predicted molar refractivity (Wildman–Crippen MR) is 93.4 cm³/mol. The van der Waals surface area contributed by atoms with Crippen molar-refractivity contribution in [3.05, 3.63) is 83.4 Å². The van der Waals surface area contributed by atoms with Gasteiger partial charge in [-0.3, -0.25) is 4.79 Å². The average Bonchev–Trinajstić information content (AvgIpc) is 2.58. The van der Waals surface area contributed by atoms with Gasteiger partial charge in [0.1, 0.15) is 0 Å². The molecule has 3 nitrogen and oxygen atoms in total. The Kier molecular flexibility index (Phi) is 6.39. The Morgan fingerprint density at radius 2 is 1.83 bits per heavy atom. The molecule has 0 spiro atoms. The van der Waals surface area contributed by atoms with Crippen LogP contribution in [-0.2, 0) is 4.79 Å². The third-order valence-electron chi connectivity index (χ3n) is 3.67. The molecule has 0 heterocycles. The highest BCUT2D eigenvalue weighted by atomic mass is 35.5. The lowest BCUT2D eigenvalue weighted by Gasteiger charge is -2.16. The van der Waals surface area contributed by atoms with Crippen LogP contribution in [0.15, 0.2) is 67.3 Å². The van der Waals surface area contributed by atoms with E-state index >= 15 is 0 Å². The third kappa shape index (κ3) is 4.95. The van der Waals surface area contributed by atoms with E-state index in [4.69, 9.17) is 11.6 Å². The summed E-state index contributed by atoms with van der Waals surface area (Å²) >= 11 is 6.04. The van der Waals surface area contributed by atoms with Gasteiger partial charge in [0.2, 0.25) is 5.91 Å². The second-order valence-electron chi connectivity index (χ2n) is 5.30. The topological polar surface area (TPSA) is 49.3 Å². The summed E-state index contributed by atoms with van der Waals surface area (Å²) in [7, 11) is 0. The van der Waals surface area contributed by atoms with E-state index in [2.05, 4.69) is 11.9 Å². The first kappa shape index (κ1) is 17.3. The monoisotopic (exact) mass is 329 g/mol. The van der Waals surface area contributed by atoms with Crippen molar-refractivity contribution >= 4 is 17.5 Å². The Hall–Kier alpha value is -2.10. The van der Waals surface area contributed by atoms with Crippen LogP contribution in [0.5, 0.6) is 0 Å². The molecule has 2 aromatic carbocycles. The molecule has 0 aliphatic rings. The Morgan fingerprint density at radius 1 is 1.17 bits per heavy atom. The molecule has 0 bridgehead atoms. The number of allylic oxidation sites excluding steroid dienone is 1. The third-order valence-corrected chi connectivity index (χ3v) is 4.02. The van der Waals surface area contributed by atoms with E-state index in [9.17, 15) is 9.90 Å². The molecule has 0 aliphatic carbocycles. The number of aliphatic hydroxyl groups is 1. The largest absolute Gasteiger partial charge is 0.387 e. The molecule has 0 fully saturated rings. The van der Waals surface area contributed by atoms with Crippen molar-refractivity contribution in [3.8, 4) is 0 Å². The number of rotatable bonds is 7. The molecule has 120 valence electrons. The van der Waals surface area contributed by atoms with E-state index in [0.717, 1.165) is 5.56 Å². The smallest absolute Gasteiger partial charge is 0.221 e. The van der Waals surface area contributed by atoms with Crippen molar-refractivity contribution in [1.29, 1.82) is 0 Å². The van der Waals surface area contributed by atoms with E-state index in [-0.39, 0.29) is 18.4 Å². The number of nitrogens with one attached hydrogen (secondary N) is 1. The summed E-state index contributed by atoms with van der Waals surface area (Å²) < 4.78 is 0. The summed E-state index contributed by atoms with van der Waals surface area (Å²) in [6.45, 7) is 3.92. The number of hydrogen-bond acceptors (Lipinski definition) is 2. The van der Waals surface area contributed by atoms with Gasteiger partial charge in [0.05, 0.1) is 6.10 Å². The Labute approximate surface area is 141 Å². The highest BCUT2D eigenvalue weighted by Crippen LogP contribution is 2.23. The number of carbonyl (C=O) groups is 1. The standard InChI is InChI=1S/C19H20ClNO2/c1-2-14(15-8-4-3-5-9-15)12-19(23)21-13-18(22)16-10-6-7-11-17(16)20/h2-11,14,18,22H,1,12-13H2,(H,21,23). The van der Waals surface area contributed by atoms with Gasteiger partial charge in [-0.15, -0.1) is 6.58 Å². The maximum Gasteiger partial charge on any atom is 0.221 e. The van der Waals surface area contributed by atoms with Gasteiger partial charge in [-0.25, -0.2) is 0 Å². The first-order valence-corrected chi connectivity index (χ1v) is 7.86. The Balaban J connectivity index is 1.89. The first-order valence-electron chi connectivity index (χ1n) is 7.48. The predicted octanol–water partition coefficient (Wildman–Crippen LogP) is 3.85. The van der Waals surface area contributed by atoms with Crippen LogP contribution < -0.4 is 5.32 Å². The molecule has 0 saturated heterocycles. The summed E-state index contributed by atoms with van der Waals surface area (Å²) in [4.78, 5) is 12.1. The average molecular weight is 330 g/mol. The van der Waals surface area contributed by atoms with Gasteiger partial charge >= 0.3 is 0 Å². The van der Waals surface area contributed by atoms with Crippen LogP contribution in [0.3, 0.4) is 0 Å². The molecular weight excluding hydrogens is 310 g/mol. The van der Waals surface area contributed by atoms with Crippen molar-refractivity contribution in [2.24, 2.45) is 0 Å². The molecule has 2 rings (SSSR count). The minimum Gasteiger partial charge on any atom is -0.387 e. The van der Waals surface area contributed by atoms with Crippen molar-refractivity contribution in [2.45, 2.75) is 18.4 Å². The van der Waals surface area contributed by atoms with E-state index in [1.54, 1.807) is 30.3 Å². The van der Waals surface area contributed by atoms with E-state index in [1.807, 2.05) is 30.3 Å². The molecule has 0 radical (unpaired) electrons. The summed E-state index contributed by atoms with van der Waals surface area (Å²) in [5.74, 6) is -0.182. The highest BCUT2D eigenvalue weighted by molar-refractivity contribution is 6.31. The minimum atomic E-state index is -0.827. The molecule has 23 heavy (non-hydrogen) atoms. The van der Waals surface area contributed by atoms with Crippen LogP contribution in [0.1, 0.15) is 29.6 Å². The maximum atomic E-state index is 12.1. The van der Waals surface area contributed by atoms with Crippen LogP contribution >= 0.6 is 11.6 Å². The lowest BCUT2D eigenvalue weighted by Crippen LogP contribution is -2.29. The zero-order chi connectivity index (χ0) is 16.7. The van der Waals surface area contributed by atoms with Gasteiger partial charge in [0.15, 0.2) is 0 Å².